The average molecular weight is 590 g/mol. The topological polar surface area (TPSA) is 37.2 Å². The van der Waals surface area contributed by atoms with Gasteiger partial charge in [0.05, 0.1) is 0 Å². The fourth-order valence-electron chi connectivity index (χ4n) is 3.96. The van der Waals surface area contributed by atoms with Gasteiger partial charge in [0.15, 0.2) is 0 Å². The van der Waals surface area contributed by atoms with Crippen LogP contribution in [-0.2, 0) is 6.42 Å². The molecule has 3 aromatic carbocycles. The van der Waals surface area contributed by atoms with Gasteiger partial charge in [-0.2, -0.15) is 0 Å². The zero-order valence-electron chi connectivity index (χ0n) is 17.5. The first kappa shape index (κ1) is 20.8. The number of amidine groups is 1. The number of hydrogen-bond donors (Lipinski definition) is 0. The molecular formula is C25H24N3OPb. The minimum atomic E-state index is 0.0371. The molecule has 30 heavy (non-hydrogen) atoms. The third kappa shape index (κ3) is 3.80. The van der Waals surface area contributed by atoms with Gasteiger partial charge >= 0.3 is 195 Å². The molecule has 0 spiro atoms. The second-order valence-electron chi connectivity index (χ2n) is 7.07. The molecule has 1 atom stereocenters. The molecule has 5 heteroatoms. The van der Waals surface area contributed by atoms with Crippen LogP contribution in [0.25, 0.3) is 0 Å². The van der Waals surface area contributed by atoms with E-state index in [2.05, 4.69) is 66.4 Å². The summed E-state index contributed by atoms with van der Waals surface area (Å²) >= 11 is 0.811. The second-order valence-corrected chi connectivity index (χ2v) is 8.81. The number of ether oxygens (including phenoxy) is 1. The summed E-state index contributed by atoms with van der Waals surface area (Å²) < 4.78 is 6.53. The summed E-state index contributed by atoms with van der Waals surface area (Å²) in [6, 6.07) is 23.3. The van der Waals surface area contributed by atoms with Crippen molar-refractivity contribution in [2.24, 2.45) is 9.98 Å². The Kier molecular flexibility index (Phi) is 6.32. The number of fused-ring (bicyclic) bond motifs is 1. The van der Waals surface area contributed by atoms with Crippen molar-refractivity contribution < 1.29 is 4.74 Å². The van der Waals surface area contributed by atoms with E-state index in [0.29, 0.717) is 0 Å². The Hall–Kier alpha value is -2.48. The summed E-state index contributed by atoms with van der Waals surface area (Å²) in [6.07, 6.45) is 2.81. The number of nitrogens with zero attached hydrogens (tertiary/aromatic N) is 3. The molecule has 0 fully saturated rings. The van der Waals surface area contributed by atoms with Gasteiger partial charge in [-0.15, -0.1) is 0 Å². The summed E-state index contributed by atoms with van der Waals surface area (Å²) in [5.74, 6) is 0.830. The Morgan fingerprint density at radius 3 is 2.60 bits per heavy atom. The third-order valence-electron chi connectivity index (χ3n) is 5.36. The molecule has 1 heterocycles. The molecule has 0 aliphatic carbocycles. The van der Waals surface area contributed by atoms with Crippen molar-refractivity contribution in [3.8, 4) is 5.75 Å². The van der Waals surface area contributed by atoms with Crippen molar-refractivity contribution in [3.63, 3.8) is 0 Å². The summed E-state index contributed by atoms with van der Waals surface area (Å²) in [4.78, 5) is 12.2. The first-order valence-corrected chi connectivity index (χ1v) is 12.0. The van der Waals surface area contributed by atoms with Crippen LogP contribution >= 0.6 is 0 Å². The zero-order valence-corrected chi connectivity index (χ0v) is 21.4. The molecule has 0 amide bonds. The Bertz CT molecular complexity index is 1110. The van der Waals surface area contributed by atoms with Gasteiger partial charge in [0.1, 0.15) is 0 Å². The molecule has 1 unspecified atom stereocenters. The van der Waals surface area contributed by atoms with Crippen molar-refractivity contribution in [1.29, 1.82) is 0 Å². The van der Waals surface area contributed by atoms with Crippen LogP contribution in [0.4, 0.5) is 17.1 Å². The number of methoxy groups -OCH3 is 1. The Morgan fingerprint density at radius 1 is 1.10 bits per heavy atom. The number of anilines is 1. The maximum atomic E-state index is 5.46. The van der Waals surface area contributed by atoms with Crippen LogP contribution in [0.2, 0.25) is 0 Å². The molecule has 1 aliphatic heterocycles. The summed E-state index contributed by atoms with van der Waals surface area (Å²) in [5.41, 5.74) is 6.78. The summed E-state index contributed by atoms with van der Waals surface area (Å²) in [6.45, 7) is 4.15. The molecule has 149 valence electrons. The number of para-hydroxylation sites is 1. The van der Waals surface area contributed by atoms with Gasteiger partial charge < -0.3 is 0 Å². The fourth-order valence-corrected chi connectivity index (χ4v) is 5.40. The summed E-state index contributed by atoms with van der Waals surface area (Å²) in [5, 5.41) is 0. The van der Waals surface area contributed by atoms with Crippen molar-refractivity contribution in [2.45, 2.75) is 26.3 Å². The zero-order chi connectivity index (χ0) is 21.1. The van der Waals surface area contributed by atoms with E-state index in [4.69, 9.17) is 14.7 Å². The molecular weight excluding hydrogens is 565 g/mol. The van der Waals surface area contributed by atoms with Crippen molar-refractivity contribution in [3.05, 3.63) is 83.4 Å². The van der Waals surface area contributed by atoms with Crippen molar-refractivity contribution >= 4 is 52.4 Å². The third-order valence-corrected chi connectivity index (χ3v) is 6.73. The summed E-state index contributed by atoms with van der Waals surface area (Å²) in [7, 11) is 1.70. The van der Waals surface area contributed by atoms with E-state index in [1.165, 1.54) is 16.7 Å². The minimum absolute atomic E-state index is 0.0371. The molecule has 0 saturated heterocycles. The number of benzene rings is 3. The number of rotatable bonds is 5. The fraction of sp³-hybridized carbons (Fsp3) is 0.200. The molecule has 4 nitrogen and oxygen atoms in total. The van der Waals surface area contributed by atoms with Crippen LogP contribution in [0, 0.1) is 0 Å². The predicted octanol–water partition coefficient (Wildman–Crippen LogP) is 5.75. The first-order chi connectivity index (χ1) is 14.7. The maximum absolute atomic E-state index is 5.46. The van der Waals surface area contributed by atoms with E-state index < -0.39 is 0 Å². The van der Waals surface area contributed by atoms with Crippen LogP contribution in [0.1, 0.15) is 36.6 Å². The normalized spacial score (nSPS) is 15.8. The molecule has 0 N–H and O–H groups in total. The van der Waals surface area contributed by atoms with Crippen LogP contribution in [0.3, 0.4) is 0 Å². The molecule has 0 saturated carbocycles. The number of hydrogen-bond acceptors (Lipinski definition) is 4. The van der Waals surface area contributed by atoms with Crippen LogP contribution in [0.15, 0.2) is 76.7 Å². The number of aliphatic imine (C=N–C) groups is 2. The van der Waals surface area contributed by atoms with Gasteiger partial charge in [-0.05, 0) is 0 Å². The van der Waals surface area contributed by atoms with Gasteiger partial charge in [-0.1, -0.05) is 0 Å². The SMILES string of the molecule is CC=Nc1c(CC)cccc1N1[C]([Pb])=Nc2cc(OC)ccc2C1c1ccccc1. The van der Waals surface area contributed by atoms with E-state index in [1.807, 2.05) is 25.3 Å². The van der Waals surface area contributed by atoms with Crippen LogP contribution < -0.4 is 9.64 Å². The molecule has 0 bridgehead atoms. The Morgan fingerprint density at radius 2 is 1.90 bits per heavy atom. The first-order valence-electron chi connectivity index (χ1n) is 10.1. The average Bonchev–Trinajstić information content (AvgIpc) is 2.79. The van der Waals surface area contributed by atoms with Crippen molar-refractivity contribution in [2.75, 3.05) is 12.0 Å². The van der Waals surface area contributed by atoms with Crippen LogP contribution in [-0.4, -0.2) is 42.5 Å². The molecule has 4 rings (SSSR count). The van der Waals surface area contributed by atoms with Gasteiger partial charge in [-0.25, -0.2) is 0 Å². The molecule has 1 aliphatic rings. The Labute approximate surface area is 194 Å². The number of aryl methyl sites for hydroxylation is 1. The quantitative estimate of drug-likeness (QED) is 0.281. The van der Waals surface area contributed by atoms with Crippen molar-refractivity contribution in [1.82, 2.24) is 0 Å². The van der Waals surface area contributed by atoms with E-state index >= 15 is 0 Å². The Balaban J connectivity index is 1.98. The predicted molar refractivity (Wildman–Crippen MR) is 126 cm³/mol. The van der Waals surface area contributed by atoms with E-state index in [0.717, 1.165) is 58.4 Å². The van der Waals surface area contributed by atoms with E-state index in [-0.39, 0.29) is 6.04 Å². The van der Waals surface area contributed by atoms with E-state index in [1.54, 1.807) is 7.11 Å². The van der Waals surface area contributed by atoms with Crippen LogP contribution in [0.5, 0.6) is 5.75 Å². The van der Waals surface area contributed by atoms with Gasteiger partial charge in [0.2, 0.25) is 0 Å². The monoisotopic (exact) mass is 590 g/mol. The molecule has 0 aromatic heterocycles. The molecule has 3 aromatic rings. The van der Waals surface area contributed by atoms with Gasteiger partial charge in [0.25, 0.3) is 0 Å². The van der Waals surface area contributed by atoms with Gasteiger partial charge in [-0.3, -0.25) is 0 Å². The standard InChI is InChI=1S/C25H24N3O.Pb/c1-4-18-12-9-13-23(24(18)26-5-2)28-17-27-22-16-20(29-3)14-15-21(22)25(28)19-10-7-6-8-11-19;/h5-16,25H,4H2,1-3H3;. The molecule has 3 radical (unpaired) electrons. The van der Waals surface area contributed by atoms with Gasteiger partial charge in [0, 0.05) is 0 Å². The second kappa shape index (κ2) is 9.12. The van der Waals surface area contributed by atoms with E-state index in [9.17, 15) is 0 Å².